The highest BCUT2D eigenvalue weighted by atomic mass is 32.2. The minimum absolute atomic E-state index is 0.00798. The standard InChI is InChI=1S/C12H10N2O2S/c1-8(15)9-4-2-3-5-10(9)17-12-13-7-6-11(16)14-12/h2-7H,1H3,(H,13,14,16). The largest absolute Gasteiger partial charge is 0.301 e. The first-order chi connectivity index (χ1) is 8.16. The molecule has 17 heavy (non-hydrogen) atoms. The highest BCUT2D eigenvalue weighted by Gasteiger charge is 2.08. The molecule has 0 amide bonds. The number of carbonyl (C=O) groups is 1. The summed E-state index contributed by atoms with van der Waals surface area (Å²) in [6, 6.07) is 8.58. The van der Waals surface area contributed by atoms with Gasteiger partial charge in [-0.05, 0) is 13.0 Å². The van der Waals surface area contributed by atoms with Gasteiger partial charge in [-0.25, -0.2) is 4.98 Å². The van der Waals surface area contributed by atoms with Gasteiger partial charge in [-0.3, -0.25) is 9.59 Å². The highest BCUT2D eigenvalue weighted by Crippen LogP contribution is 2.27. The molecule has 0 aliphatic heterocycles. The van der Waals surface area contributed by atoms with E-state index in [9.17, 15) is 9.59 Å². The molecule has 0 fully saturated rings. The van der Waals surface area contributed by atoms with Gasteiger partial charge in [-0.15, -0.1) is 0 Å². The van der Waals surface area contributed by atoms with E-state index in [1.807, 2.05) is 18.2 Å². The number of nitrogens with zero attached hydrogens (tertiary/aromatic N) is 1. The van der Waals surface area contributed by atoms with E-state index in [1.54, 1.807) is 6.07 Å². The fourth-order valence-corrected chi connectivity index (χ4v) is 2.30. The van der Waals surface area contributed by atoms with Crippen LogP contribution in [0.25, 0.3) is 0 Å². The second-order valence-corrected chi connectivity index (χ2v) is 4.42. The first-order valence-corrected chi connectivity index (χ1v) is 5.81. The lowest BCUT2D eigenvalue weighted by atomic mass is 10.1. The second kappa shape index (κ2) is 4.97. The van der Waals surface area contributed by atoms with Crippen LogP contribution in [0, 0.1) is 0 Å². The summed E-state index contributed by atoms with van der Waals surface area (Å²) in [5, 5.41) is 0.478. The normalized spacial score (nSPS) is 10.2. The van der Waals surface area contributed by atoms with Crippen LogP contribution in [0.1, 0.15) is 17.3 Å². The molecule has 0 bridgehead atoms. The Morgan fingerprint density at radius 3 is 2.76 bits per heavy atom. The molecule has 0 radical (unpaired) electrons. The van der Waals surface area contributed by atoms with Gasteiger partial charge in [-0.1, -0.05) is 30.0 Å². The Balaban J connectivity index is 2.36. The Labute approximate surface area is 102 Å². The molecule has 0 atom stereocenters. The van der Waals surface area contributed by atoms with Gasteiger partial charge in [0.15, 0.2) is 10.9 Å². The van der Waals surface area contributed by atoms with Crippen molar-refractivity contribution in [2.24, 2.45) is 0 Å². The third-order valence-corrected chi connectivity index (χ3v) is 3.10. The van der Waals surface area contributed by atoms with E-state index in [2.05, 4.69) is 9.97 Å². The first-order valence-electron chi connectivity index (χ1n) is 5.00. The number of hydrogen-bond donors (Lipinski definition) is 1. The van der Waals surface area contributed by atoms with Crippen LogP contribution in [0.15, 0.2) is 51.4 Å². The molecular weight excluding hydrogens is 236 g/mol. The quantitative estimate of drug-likeness (QED) is 0.665. The zero-order chi connectivity index (χ0) is 12.3. The second-order valence-electron chi connectivity index (χ2n) is 3.39. The molecule has 0 saturated heterocycles. The van der Waals surface area contributed by atoms with Crippen LogP contribution in [0.2, 0.25) is 0 Å². The lowest BCUT2D eigenvalue weighted by Gasteiger charge is -2.04. The maximum absolute atomic E-state index is 11.4. The van der Waals surface area contributed by atoms with Crippen LogP contribution in [0.3, 0.4) is 0 Å². The summed E-state index contributed by atoms with van der Waals surface area (Å²) >= 11 is 1.27. The molecule has 86 valence electrons. The van der Waals surface area contributed by atoms with E-state index >= 15 is 0 Å². The Hall–Kier alpha value is -1.88. The van der Waals surface area contributed by atoms with Crippen molar-refractivity contribution in [3.05, 3.63) is 52.4 Å². The number of ketones is 1. The molecule has 2 aromatic rings. The van der Waals surface area contributed by atoms with Crippen molar-refractivity contribution < 1.29 is 4.79 Å². The summed E-state index contributed by atoms with van der Waals surface area (Å²) in [5.74, 6) is -0.00798. The molecule has 0 aliphatic rings. The van der Waals surface area contributed by atoms with Gasteiger partial charge in [0.1, 0.15) is 0 Å². The SMILES string of the molecule is CC(=O)c1ccccc1Sc1nccc(=O)[nH]1. The molecule has 5 heteroatoms. The van der Waals surface area contributed by atoms with Crippen molar-refractivity contribution in [3.63, 3.8) is 0 Å². The van der Waals surface area contributed by atoms with Crippen molar-refractivity contribution in [2.75, 3.05) is 0 Å². The molecule has 1 aromatic carbocycles. The number of rotatable bonds is 3. The van der Waals surface area contributed by atoms with Crippen LogP contribution < -0.4 is 5.56 Å². The highest BCUT2D eigenvalue weighted by molar-refractivity contribution is 7.99. The zero-order valence-electron chi connectivity index (χ0n) is 9.14. The average Bonchev–Trinajstić information content (AvgIpc) is 2.29. The van der Waals surface area contributed by atoms with Crippen LogP contribution >= 0.6 is 11.8 Å². The van der Waals surface area contributed by atoms with E-state index in [1.165, 1.54) is 30.9 Å². The summed E-state index contributed by atoms with van der Waals surface area (Å²) in [6.45, 7) is 1.51. The molecule has 0 spiro atoms. The van der Waals surface area contributed by atoms with Crippen molar-refractivity contribution in [2.45, 2.75) is 17.0 Å². The first kappa shape index (κ1) is 11.6. The van der Waals surface area contributed by atoms with Crippen molar-refractivity contribution in [1.29, 1.82) is 0 Å². The van der Waals surface area contributed by atoms with Gasteiger partial charge in [0.2, 0.25) is 0 Å². The molecule has 1 heterocycles. The van der Waals surface area contributed by atoms with Gasteiger partial charge in [0.25, 0.3) is 5.56 Å². The third-order valence-electron chi connectivity index (χ3n) is 2.12. The van der Waals surface area contributed by atoms with Crippen molar-refractivity contribution >= 4 is 17.5 Å². The van der Waals surface area contributed by atoms with E-state index in [-0.39, 0.29) is 11.3 Å². The fourth-order valence-electron chi connectivity index (χ4n) is 1.35. The minimum atomic E-state index is -0.206. The fraction of sp³-hybridized carbons (Fsp3) is 0.0833. The maximum atomic E-state index is 11.4. The Kier molecular flexibility index (Phi) is 3.39. The number of aromatic nitrogens is 2. The van der Waals surface area contributed by atoms with E-state index in [0.29, 0.717) is 10.7 Å². The molecule has 0 unspecified atom stereocenters. The van der Waals surface area contributed by atoms with Gasteiger partial charge in [0, 0.05) is 22.7 Å². The molecule has 0 aliphatic carbocycles. The number of benzene rings is 1. The lowest BCUT2D eigenvalue weighted by Crippen LogP contribution is -2.05. The van der Waals surface area contributed by atoms with Crippen LogP contribution in [-0.2, 0) is 0 Å². The predicted molar refractivity (Wildman–Crippen MR) is 65.4 cm³/mol. The van der Waals surface area contributed by atoms with Crippen LogP contribution in [0.5, 0.6) is 0 Å². The number of nitrogens with one attached hydrogen (secondary N) is 1. The topological polar surface area (TPSA) is 62.8 Å². The van der Waals surface area contributed by atoms with Gasteiger partial charge < -0.3 is 4.98 Å². The van der Waals surface area contributed by atoms with Gasteiger partial charge in [0.05, 0.1) is 0 Å². The molecule has 4 nitrogen and oxygen atoms in total. The maximum Gasteiger partial charge on any atom is 0.251 e. The van der Waals surface area contributed by atoms with Crippen LogP contribution in [-0.4, -0.2) is 15.8 Å². The van der Waals surface area contributed by atoms with Crippen LogP contribution in [0.4, 0.5) is 0 Å². The molecule has 1 N–H and O–H groups in total. The van der Waals surface area contributed by atoms with Crippen molar-refractivity contribution in [1.82, 2.24) is 9.97 Å². The Morgan fingerprint density at radius 2 is 2.06 bits per heavy atom. The summed E-state index contributed by atoms with van der Waals surface area (Å²) in [7, 11) is 0. The van der Waals surface area contributed by atoms with E-state index in [0.717, 1.165) is 4.90 Å². The molecule has 1 aromatic heterocycles. The minimum Gasteiger partial charge on any atom is -0.301 e. The zero-order valence-corrected chi connectivity index (χ0v) is 9.95. The molecular formula is C12H10N2O2S. The smallest absolute Gasteiger partial charge is 0.251 e. The molecule has 2 rings (SSSR count). The van der Waals surface area contributed by atoms with E-state index < -0.39 is 0 Å². The number of H-pyrrole nitrogens is 1. The summed E-state index contributed by atoms with van der Waals surface area (Å²) in [5.41, 5.74) is 0.423. The predicted octanol–water partition coefficient (Wildman–Crippen LogP) is 2.12. The third kappa shape index (κ3) is 2.82. The average molecular weight is 246 g/mol. The van der Waals surface area contributed by atoms with Crippen molar-refractivity contribution in [3.8, 4) is 0 Å². The number of Topliss-reactive ketones (excluding diaryl/α,β-unsaturated/α-hetero) is 1. The monoisotopic (exact) mass is 246 g/mol. The Bertz CT molecular complexity index is 607. The van der Waals surface area contributed by atoms with Gasteiger partial charge >= 0.3 is 0 Å². The Morgan fingerprint density at radius 1 is 1.29 bits per heavy atom. The lowest BCUT2D eigenvalue weighted by molar-refractivity contribution is 0.101. The summed E-state index contributed by atoms with van der Waals surface area (Å²) < 4.78 is 0. The summed E-state index contributed by atoms with van der Waals surface area (Å²) in [6.07, 6.45) is 1.44. The van der Waals surface area contributed by atoms with E-state index in [4.69, 9.17) is 0 Å². The summed E-state index contributed by atoms with van der Waals surface area (Å²) in [4.78, 5) is 30.0. The number of carbonyl (C=O) groups excluding carboxylic acids is 1. The number of aromatic amines is 1. The number of hydrogen-bond acceptors (Lipinski definition) is 4. The van der Waals surface area contributed by atoms with Gasteiger partial charge in [-0.2, -0.15) is 0 Å². The molecule has 0 saturated carbocycles.